The zero-order chi connectivity index (χ0) is 16.5. The molecular formula is C18H30IN3OS. The van der Waals surface area contributed by atoms with Crippen molar-refractivity contribution in [2.45, 2.75) is 38.7 Å². The molecule has 1 aromatic carbocycles. The molecule has 0 aliphatic carbocycles. The molecule has 0 aromatic heterocycles. The van der Waals surface area contributed by atoms with Crippen LogP contribution in [0.15, 0.2) is 29.3 Å². The number of halogens is 1. The average Bonchev–Trinajstić information content (AvgIpc) is 2.61. The SMILES string of the molecule is CCOCc1ccc(CNC(=NC)N2CCSC(CC)C2)cc1.I. The second-order valence-electron chi connectivity index (χ2n) is 5.70. The van der Waals surface area contributed by atoms with Crippen LogP contribution < -0.4 is 5.32 Å². The van der Waals surface area contributed by atoms with Crippen molar-refractivity contribution in [2.75, 3.05) is 32.5 Å². The van der Waals surface area contributed by atoms with Crippen molar-refractivity contribution < 1.29 is 4.74 Å². The molecule has 136 valence electrons. The molecule has 1 saturated heterocycles. The number of rotatable bonds is 6. The molecule has 1 heterocycles. The Labute approximate surface area is 167 Å². The van der Waals surface area contributed by atoms with E-state index in [-0.39, 0.29) is 24.0 Å². The van der Waals surface area contributed by atoms with Crippen molar-refractivity contribution in [3.05, 3.63) is 35.4 Å². The summed E-state index contributed by atoms with van der Waals surface area (Å²) in [5.74, 6) is 2.20. The molecule has 24 heavy (non-hydrogen) atoms. The number of aliphatic imine (C=N–C) groups is 1. The minimum Gasteiger partial charge on any atom is -0.377 e. The van der Waals surface area contributed by atoms with Gasteiger partial charge in [-0.25, -0.2) is 0 Å². The minimum atomic E-state index is 0. The summed E-state index contributed by atoms with van der Waals surface area (Å²) >= 11 is 2.08. The molecule has 1 aliphatic rings. The highest BCUT2D eigenvalue weighted by Crippen LogP contribution is 2.21. The quantitative estimate of drug-likeness (QED) is 0.396. The van der Waals surface area contributed by atoms with Crippen LogP contribution in [-0.4, -0.2) is 48.6 Å². The summed E-state index contributed by atoms with van der Waals surface area (Å²) in [5, 5.41) is 4.22. The summed E-state index contributed by atoms with van der Waals surface area (Å²) in [5.41, 5.74) is 2.49. The van der Waals surface area contributed by atoms with Crippen LogP contribution in [0.25, 0.3) is 0 Å². The lowest BCUT2D eigenvalue weighted by Gasteiger charge is -2.34. The Morgan fingerprint density at radius 3 is 2.62 bits per heavy atom. The van der Waals surface area contributed by atoms with Gasteiger partial charge in [-0.05, 0) is 24.5 Å². The van der Waals surface area contributed by atoms with Gasteiger partial charge in [0, 0.05) is 44.3 Å². The first-order valence-electron chi connectivity index (χ1n) is 8.49. The third-order valence-electron chi connectivity index (χ3n) is 4.05. The molecule has 1 aromatic rings. The first-order valence-corrected chi connectivity index (χ1v) is 9.54. The van der Waals surface area contributed by atoms with E-state index in [1.807, 2.05) is 14.0 Å². The monoisotopic (exact) mass is 463 g/mol. The van der Waals surface area contributed by atoms with Gasteiger partial charge in [-0.3, -0.25) is 4.99 Å². The van der Waals surface area contributed by atoms with Crippen molar-refractivity contribution >= 4 is 41.7 Å². The zero-order valence-electron chi connectivity index (χ0n) is 15.0. The van der Waals surface area contributed by atoms with Crippen LogP contribution in [0.4, 0.5) is 0 Å². The number of guanidine groups is 1. The van der Waals surface area contributed by atoms with E-state index in [1.165, 1.54) is 23.3 Å². The predicted molar refractivity (Wildman–Crippen MR) is 115 cm³/mol. The molecule has 1 fully saturated rings. The summed E-state index contributed by atoms with van der Waals surface area (Å²) in [4.78, 5) is 6.84. The van der Waals surface area contributed by atoms with Gasteiger partial charge in [0.25, 0.3) is 0 Å². The van der Waals surface area contributed by atoms with Crippen LogP contribution in [0.5, 0.6) is 0 Å². The molecule has 0 spiro atoms. The van der Waals surface area contributed by atoms with E-state index >= 15 is 0 Å². The summed E-state index contributed by atoms with van der Waals surface area (Å²) in [6.45, 7) is 8.71. The van der Waals surface area contributed by atoms with Gasteiger partial charge in [-0.2, -0.15) is 11.8 Å². The van der Waals surface area contributed by atoms with E-state index in [0.29, 0.717) is 6.61 Å². The Kier molecular flexibility index (Phi) is 10.8. The molecule has 0 bridgehead atoms. The molecule has 6 heteroatoms. The molecular weight excluding hydrogens is 433 g/mol. The van der Waals surface area contributed by atoms with Crippen molar-refractivity contribution in [1.29, 1.82) is 0 Å². The maximum absolute atomic E-state index is 5.43. The number of ether oxygens (including phenoxy) is 1. The van der Waals surface area contributed by atoms with Gasteiger partial charge in [-0.1, -0.05) is 31.2 Å². The number of hydrogen-bond acceptors (Lipinski definition) is 3. The predicted octanol–water partition coefficient (Wildman–Crippen LogP) is 3.74. The molecule has 0 radical (unpaired) electrons. The highest BCUT2D eigenvalue weighted by Gasteiger charge is 2.21. The van der Waals surface area contributed by atoms with Crippen molar-refractivity contribution in [1.82, 2.24) is 10.2 Å². The Bertz CT molecular complexity index is 496. The van der Waals surface area contributed by atoms with Crippen LogP contribution in [0, 0.1) is 0 Å². The molecule has 2 rings (SSSR count). The zero-order valence-corrected chi connectivity index (χ0v) is 18.1. The standard InChI is InChI=1S/C18H29N3OS.HI/c1-4-17-13-21(10-11-23-17)18(19-3)20-12-15-6-8-16(9-7-15)14-22-5-2;/h6-9,17H,4-5,10-14H2,1-3H3,(H,19,20);1H. The number of thioether (sulfide) groups is 1. The third kappa shape index (κ3) is 6.80. The fourth-order valence-electron chi connectivity index (χ4n) is 2.65. The highest BCUT2D eigenvalue weighted by atomic mass is 127. The number of nitrogens with zero attached hydrogens (tertiary/aromatic N) is 2. The van der Waals surface area contributed by atoms with Crippen molar-refractivity contribution in [2.24, 2.45) is 4.99 Å². The van der Waals surface area contributed by atoms with Gasteiger partial charge < -0.3 is 15.0 Å². The van der Waals surface area contributed by atoms with Gasteiger partial charge in [0.05, 0.1) is 6.61 Å². The second-order valence-corrected chi connectivity index (χ2v) is 7.11. The lowest BCUT2D eigenvalue weighted by Crippen LogP contribution is -2.47. The average molecular weight is 463 g/mol. The fourth-order valence-corrected chi connectivity index (χ4v) is 3.83. The molecule has 1 unspecified atom stereocenters. The first-order chi connectivity index (χ1) is 11.3. The lowest BCUT2D eigenvalue weighted by atomic mass is 10.1. The van der Waals surface area contributed by atoms with Gasteiger partial charge in [-0.15, -0.1) is 24.0 Å². The van der Waals surface area contributed by atoms with Gasteiger partial charge in [0.1, 0.15) is 0 Å². The molecule has 0 amide bonds. The lowest BCUT2D eigenvalue weighted by molar-refractivity contribution is 0.134. The van der Waals surface area contributed by atoms with E-state index < -0.39 is 0 Å². The Morgan fingerprint density at radius 1 is 1.29 bits per heavy atom. The summed E-state index contributed by atoms with van der Waals surface area (Å²) in [7, 11) is 1.87. The maximum Gasteiger partial charge on any atom is 0.193 e. The van der Waals surface area contributed by atoms with Crippen LogP contribution >= 0.6 is 35.7 Å². The molecule has 1 aliphatic heterocycles. The third-order valence-corrected chi connectivity index (χ3v) is 5.42. The van der Waals surface area contributed by atoms with E-state index in [9.17, 15) is 0 Å². The summed E-state index contributed by atoms with van der Waals surface area (Å²) < 4.78 is 5.43. The highest BCUT2D eigenvalue weighted by molar-refractivity contribution is 14.0. The normalized spacial score (nSPS) is 18.2. The topological polar surface area (TPSA) is 36.9 Å². The van der Waals surface area contributed by atoms with Gasteiger partial charge >= 0.3 is 0 Å². The minimum absolute atomic E-state index is 0. The van der Waals surface area contributed by atoms with Crippen LogP contribution in [-0.2, 0) is 17.9 Å². The van der Waals surface area contributed by atoms with Crippen molar-refractivity contribution in [3.63, 3.8) is 0 Å². The second kappa shape index (κ2) is 12.0. The molecule has 0 saturated carbocycles. The maximum atomic E-state index is 5.43. The van der Waals surface area contributed by atoms with Crippen molar-refractivity contribution in [3.8, 4) is 0 Å². The van der Waals surface area contributed by atoms with E-state index in [2.05, 4.69) is 58.2 Å². The Hall–Kier alpha value is -0.470. The Morgan fingerprint density at radius 2 is 2.00 bits per heavy atom. The first kappa shape index (κ1) is 21.6. The van der Waals surface area contributed by atoms with Crippen LogP contribution in [0.3, 0.4) is 0 Å². The molecule has 1 atom stereocenters. The molecule has 4 nitrogen and oxygen atoms in total. The number of hydrogen-bond donors (Lipinski definition) is 1. The van der Waals surface area contributed by atoms with E-state index in [1.54, 1.807) is 0 Å². The van der Waals surface area contributed by atoms with Gasteiger partial charge in [0.15, 0.2) is 5.96 Å². The Balaban J connectivity index is 0.00000288. The summed E-state index contributed by atoms with van der Waals surface area (Å²) in [6, 6.07) is 8.60. The van der Waals surface area contributed by atoms with E-state index in [0.717, 1.165) is 37.5 Å². The molecule has 1 N–H and O–H groups in total. The number of nitrogens with one attached hydrogen (secondary N) is 1. The van der Waals surface area contributed by atoms with Crippen LogP contribution in [0.1, 0.15) is 31.4 Å². The smallest absolute Gasteiger partial charge is 0.193 e. The van der Waals surface area contributed by atoms with Crippen LogP contribution in [0.2, 0.25) is 0 Å². The largest absolute Gasteiger partial charge is 0.377 e. The fraction of sp³-hybridized carbons (Fsp3) is 0.611. The van der Waals surface area contributed by atoms with E-state index in [4.69, 9.17) is 4.74 Å². The summed E-state index contributed by atoms with van der Waals surface area (Å²) in [6.07, 6.45) is 1.22. The van der Waals surface area contributed by atoms with Gasteiger partial charge in [0.2, 0.25) is 0 Å². The number of benzene rings is 1.